The van der Waals surface area contributed by atoms with Gasteiger partial charge in [0.05, 0.1) is 5.52 Å². The van der Waals surface area contributed by atoms with Gasteiger partial charge in [-0.3, -0.25) is 15.2 Å². The second-order valence-electron chi connectivity index (χ2n) is 5.37. The van der Waals surface area contributed by atoms with Gasteiger partial charge in [0.2, 0.25) is 5.95 Å². The van der Waals surface area contributed by atoms with Crippen LogP contribution in [0.5, 0.6) is 0 Å². The van der Waals surface area contributed by atoms with Crippen molar-refractivity contribution in [3.05, 3.63) is 42.4 Å². The summed E-state index contributed by atoms with van der Waals surface area (Å²) in [7, 11) is 0. The van der Waals surface area contributed by atoms with Gasteiger partial charge in [0.25, 0.3) is 5.91 Å². The first-order valence-corrected chi connectivity index (χ1v) is 6.90. The summed E-state index contributed by atoms with van der Waals surface area (Å²) >= 11 is 0. The molecule has 0 radical (unpaired) electrons. The molecular weight excluding hydrogens is 266 g/mol. The van der Waals surface area contributed by atoms with Gasteiger partial charge in [0.1, 0.15) is 0 Å². The number of benzene rings is 1. The number of H-pyrrole nitrogens is 1. The van der Waals surface area contributed by atoms with Crippen LogP contribution in [0.2, 0.25) is 0 Å². The molecular formula is C15H17N5O. The molecule has 3 aromatic rings. The van der Waals surface area contributed by atoms with Crippen molar-refractivity contribution in [3.8, 4) is 0 Å². The number of para-hydroxylation sites is 1. The third-order valence-corrected chi connectivity index (χ3v) is 3.19. The van der Waals surface area contributed by atoms with Gasteiger partial charge in [-0.05, 0) is 12.0 Å². The van der Waals surface area contributed by atoms with Crippen molar-refractivity contribution in [1.82, 2.24) is 19.7 Å². The van der Waals surface area contributed by atoms with Crippen LogP contribution < -0.4 is 5.32 Å². The maximum atomic E-state index is 12.4. The largest absolute Gasteiger partial charge is 0.317 e. The molecule has 6 heteroatoms. The van der Waals surface area contributed by atoms with E-state index in [9.17, 15) is 4.79 Å². The molecule has 6 nitrogen and oxygen atoms in total. The molecule has 0 saturated carbocycles. The van der Waals surface area contributed by atoms with Crippen LogP contribution in [0.15, 0.2) is 36.7 Å². The summed E-state index contributed by atoms with van der Waals surface area (Å²) in [5.41, 5.74) is 1.22. The van der Waals surface area contributed by atoms with Crippen LogP contribution in [0, 0.1) is 5.92 Å². The van der Waals surface area contributed by atoms with Crippen LogP contribution in [0.3, 0.4) is 0 Å². The Kier molecular flexibility index (Phi) is 3.43. The van der Waals surface area contributed by atoms with Crippen LogP contribution in [0.1, 0.15) is 24.3 Å². The van der Waals surface area contributed by atoms with Gasteiger partial charge in [-0.15, -0.1) is 0 Å². The lowest BCUT2D eigenvalue weighted by atomic mass is 10.2. The fourth-order valence-corrected chi connectivity index (χ4v) is 2.27. The van der Waals surface area contributed by atoms with E-state index < -0.39 is 0 Å². The maximum absolute atomic E-state index is 12.4. The van der Waals surface area contributed by atoms with E-state index in [1.807, 2.05) is 35.0 Å². The van der Waals surface area contributed by atoms with Crippen LogP contribution >= 0.6 is 0 Å². The van der Waals surface area contributed by atoms with E-state index >= 15 is 0 Å². The standard InChI is InChI=1S/C15H17N5O/c1-10(2)9-20-8-7-16-15(20)17-14(21)13-11-5-3-4-6-12(11)18-19-13/h3-8,10H,9H2,1-2H3,(H,18,19)(H,16,17,21). The lowest BCUT2D eigenvalue weighted by Crippen LogP contribution is -2.17. The van der Waals surface area contributed by atoms with Crippen molar-refractivity contribution < 1.29 is 4.79 Å². The average Bonchev–Trinajstić information content (AvgIpc) is 3.05. The first kappa shape index (κ1) is 13.4. The number of fused-ring (bicyclic) bond motifs is 1. The minimum Gasteiger partial charge on any atom is -0.317 e. The van der Waals surface area contributed by atoms with Gasteiger partial charge >= 0.3 is 0 Å². The van der Waals surface area contributed by atoms with Crippen LogP contribution in [0.25, 0.3) is 10.9 Å². The quantitative estimate of drug-likeness (QED) is 0.773. The van der Waals surface area contributed by atoms with E-state index in [1.165, 1.54) is 0 Å². The molecule has 1 aromatic carbocycles. The van der Waals surface area contributed by atoms with Gasteiger partial charge in [0, 0.05) is 24.3 Å². The van der Waals surface area contributed by atoms with Crippen LogP contribution in [0.4, 0.5) is 5.95 Å². The summed E-state index contributed by atoms with van der Waals surface area (Å²) in [5.74, 6) is 0.755. The summed E-state index contributed by atoms with van der Waals surface area (Å²) in [5, 5.41) is 10.6. The monoisotopic (exact) mass is 283 g/mol. The number of anilines is 1. The first-order chi connectivity index (χ1) is 10.1. The zero-order valence-corrected chi connectivity index (χ0v) is 12.0. The fourth-order valence-electron chi connectivity index (χ4n) is 2.27. The summed E-state index contributed by atoms with van der Waals surface area (Å²) in [6, 6.07) is 7.54. The number of hydrogen-bond donors (Lipinski definition) is 2. The van der Waals surface area contributed by atoms with E-state index in [0.29, 0.717) is 17.6 Å². The molecule has 1 amide bonds. The second-order valence-corrected chi connectivity index (χ2v) is 5.37. The summed E-state index contributed by atoms with van der Waals surface area (Å²) in [6.45, 7) is 5.04. The molecule has 3 rings (SSSR count). The SMILES string of the molecule is CC(C)Cn1ccnc1NC(=O)c1n[nH]c2ccccc12. The van der Waals surface area contributed by atoms with Crippen molar-refractivity contribution >= 4 is 22.8 Å². The molecule has 0 spiro atoms. The summed E-state index contributed by atoms with van der Waals surface area (Å²) in [6.07, 6.45) is 3.54. The van der Waals surface area contributed by atoms with Gasteiger partial charge in [-0.2, -0.15) is 5.10 Å². The van der Waals surface area contributed by atoms with Gasteiger partial charge in [-0.25, -0.2) is 4.98 Å². The Morgan fingerprint density at radius 2 is 2.19 bits per heavy atom. The highest BCUT2D eigenvalue weighted by atomic mass is 16.2. The van der Waals surface area contributed by atoms with Gasteiger partial charge in [0.15, 0.2) is 5.69 Å². The molecule has 2 heterocycles. The summed E-state index contributed by atoms with van der Waals surface area (Å²) < 4.78 is 1.93. The van der Waals surface area contributed by atoms with Crippen molar-refractivity contribution in [2.75, 3.05) is 5.32 Å². The predicted molar refractivity (Wildman–Crippen MR) is 81.1 cm³/mol. The Hall–Kier alpha value is -2.63. The first-order valence-electron chi connectivity index (χ1n) is 6.90. The van der Waals surface area contributed by atoms with Crippen LogP contribution in [-0.4, -0.2) is 25.7 Å². The van der Waals surface area contributed by atoms with E-state index in [-0.39, 0.29) is 5.91 Å². The highest BCUT2D eigenvalue weighted by Gasteiger charge is 2.16. The third kappa shape index (κ3) is 2.65. The molecule has 0 aliphatic rings. The lowest BCUT2D eigenvalue weighted by molar-refractivity contribution is 0.102. The molecule has 0 unspecified atom stereocenters. The highest BCUT2D eigenvalue weighted by Crippen LogP contribution is 2.16. The molecule has 0 atom stereocenters. The minimum absolute atomic E-state index is 0.261. The topological polar surface area (TPSA) is 75.6 Å². The Balaban J connectivity index is 1.85. The molecule has 0 aliphatic heterocycles. The maximum Gasteiger partial charge on any atom is 0.279 e. The smallest absolute Gasteiger partial charge is 0.279 e. The number of rotatable bonds is 4. The van der Waals surface area contributed by atoms with Gasteiger partial charge in [-0.1, -0.05) is 32.0 Å². The number of nitrogens with one attached hydrogen (secondary N) is 2. The van der Waals surface area contributed by atoms with Crippen LogP contribution in [-0.2, 0) is 6.54 Å². The number of imidazole rings is 1. The van der Waals surface area contributed by atoms with Gasteiger partial charge < -0.3 is 4.57 Å². The van der Waals surface area contributed by atoms with E-state index in [2.05, 4.69) is 34.3 Å². The second kappa shape index (κ2) is 5.40. The number of hydrogen-bond acceptors (Lipinski definition) is 3. The molecule has 0 saturated heterocycles. The number of amides is 1. The molecule has 2 aromatic heterocycles. The third-order valence-electron chi connectivity index (χ3n) is 3.19. The fraction of sp³-hybridized carbons (Fsp3) is 0.267. The van der Waals surface area contributed by atoms with E-state index in [1.54, 1.807) is 6.20 Å². The minimum atomic E-state index is -0.261. The average molecular weight is 283 g/mol. The Bertz CT molecular complexity index is 771. The molecule has 0 aliphatic carbocycles. The number of carbonyl (C=O) groups excluding carboxylic acids is 1. The van der Waals surface area contributed by atoms with Crippen molar-refractivity contribution in [2.24, 2.45) is 5.92 Å². The Morgan fingerprint density at radius 3 is 3.00 bits per heavy atom. The molecule has 2 N–H and O–H groups in total. The molecule has 0 bridgehead atoms. The number of aromatic nitrogens is 4. The Morgan fingerprint density at radius 1 is 1.38 bits per heavy atom. The summed E-state index contributed by atoms with van der Waals surface area (Å²) in [4.78, 5) is 16.6. The normalized spacial score (nSPS) is 11.2. The lowest BCUT2D eigenvalue weighted by Gasteiger charge is -2.10. The predicted octanol–water partition coefficient (Wildman–Crippen LogP) is 2.67. The zero-order valence-electron chi connectivity index (χ0n) is 12.0. The van der Waals surface area contributed by atoms with Crippen molar-refractivity contribution in [1.29, 1.82) is 0 Å². The molecule has 0 fully saturated rings. The van der Waals surface area contributed by atoms with E-state index in [4.69, 9.17) is 0 Å². The molecule has 21 heavy (non-hydrogen) atoms. The van der Waals surface area contributed by atoms with Crippen molar-refractivity contribution in [3.63, 3.8) is 0 Å². The number of nitrogens with zero attached hydrogens (tertiary/aromatic N) is 3. The molecule has 108 valence electrons. The van der Waals surface area contributed by atoms with Crippen molar-refractivity contribution in [2.45, 2.75) is 20.4 Å². The van der Waals surface area contributed by atoms with E-state index in [0.717, 1.165) is 17.4 Å². The Labute approximate surface area is 122 Å². The highest BCUT2D eigenvalue weighted by molar-refractivity contribution is 6.10. The zero-order chi connectivity index (χ0) is 14.8. The number of carbonyl (C=O) groups is 1. The number of aromatic amines is 1.